The van der Waals surface area contributed by atoms with Gasteiger partial charge in [-0.25, -0.2) is 0 Å². The van der Waals surface area contributed by atoms with Crippen molar-refractivity contribution in [2.24, 2.45) is 0 Å². The quantitative estimate of drug-likeness (QED) is 0.458. The second-order valence-corrected chi connectivity index (χ2v) is 8.72. The van der Waals surface area contributed by atoms with Gasteiger partial charge in [-0.15, -0.1) is 0 Å². The minimum atomic E-state index is -0.338. The van der Waals surface area contributed by atoms with Gasteiger partial charge in [-0.3, -0.25) is 4.79 Å². The fourth-order valence-corrected chi connectivity index (χ4v) is 4.98. The molecule has 3 N–H and O–H groups in total. The summed E-state index contributed by atoms with van der Waals surface area (Å²) < 4.78 is 16.6. The normalized spacial score (nSPS) is 19.0. The maximum absolute atomic E-state index is 13.7. The van der Waals surface area contributed by atoms with Crippen LogP contribution in [0.4, 0.5) is 11.4 Å². The van der Waals surface area contributed by atoms with E-state index in [1.54, 1.807) is 33.5 Å². The summed E-state index contributed by atoms with van der Waals surface area (Å²) in [6.07, 6.45) is 0.996. The van der Waals surface area contributed by atoms with Gasteiger partial charge in [0.15, 0.2) is 17.3 Å². The summed E-state index contributed by atoms with van der Waals surface area (Å²) in [5, 5.41) is 16.9. The predicted octanol–water partition coefficient (Wildman–Crippen LogP) is 5.40. The van der Waals surface area contributed by atoms with Crippen LogP contribution in [0.1, 0.15) is 35.9 Å². The molecule has 1 heterocycles. The molecule has 35 heavy (non-hydrogen) atoms. The molecule has 0 fully saturated rings. The van der Waals surface area contributed by atoms with Gasteiger partial charge in [-0.05, 0) is 59.9 Å². The van der Waals surface area contributed by atoms with Crippen LogP contribution in [0.5, 0.6) is 23.0 Å². The lowest BCUT2D eigenvalue weighted by Gasteiger charge is -2.30. The van der Waals surface area contributed by atoms with Gasteiger partial charge in [0.05, 0.1) is 38.7 Å². The molecule has 7 heteroatoms. The van der Waals surface area contributed by atoms with Crippen LogP contribution in [0.3, 0.4) is 0 Å². The SMILES string of the molecule is COc1cc([C@@H]2CC(=O)C3=C(C2)Nc2ccccc2N[C@H]3c2ccc(O)cc2)cc(OC)c1OC. The molecule has 0 radical (unpaired) electrons. The molecule has 0 bridgehead atoms. The Morgan fingerprint density at radius 2 is 1.49 bits per heavy atom. The largest absolute Gasteiger partial charge is 0.508 e. The van der Waals surface area contributed by atoms with Crippen molar-refractivity contribution in [3.8, 4) is 23.0 Å². The molecule has 0 unspecified atom stereocenters. The number of phenols is 1. The van der Waals surface area contributed by atoms with Crippen molar-refractivity contribution >= 4 is 17.2 Å². The van der Waals surface area contributed by atoms with Crippen LogP contribution in [0.15, 0.2) is 71.9 Å². The second-order valence-electron chi connectivity index (χ2n) is 8.72. The van der Waals surface area contributed by atoms with Crippen molar-refractivity contribution in [2.75, 3.05) is 32.0 Å². The Labute approximate surface area is 204 Å². The number of ether oxygens (including phenoxy) is 3. The summed E-state index contributed by atoms with van der Waals surface area (Å²) in [6, 6.07) is 18.4. The molecule has 180 valence electrons. The third-order valence-electron chi connectivity index (χ3n) is 6.69. The zero-order valence-corrected chi connectivity index (χ0v) is 19.9. The predicted molar refractivity (Wildman–Crippen MR) is 135 cm³/mol. The van der Waals surface area contributed by atoms with Crippen LogP contribution < -0.4 is 24.8 Å². The van der Waals surface area contributed by atoms with Crippen molar-refractivity contribution in [2.45, 2.75) is 24.8 Å². The lowest BCUT2D eigenvalue weighted by Crippen LogP contribution is -2.26. The van der Waals surface area contributed by atoms with Gasteiger partial charge in [0.25, 0.3) is 0 Å². The first-order chi connectivity index (χ1) is 17.0. The number of ketones is 1. The molecule has 0 saturated carbocycles. The molecule has 1 aliphatic carbocycles. The van der Waals surface area contributed by atoms with Crippen molar-refractivity contribution in [3.05, 3.63) is 83.1 Å². The molecule has 3 aromatic rings. The van der Waals surface area contributed by atoms with E-state index in [2.05, 4.69) is 10.6 Å². The number of Topliss-reactive ketones (excluding diaryl/α,β-unsaturated/α-hetero) is 1. The van der Waals surface area contributed by atoms with E-state index in [1.807, 2.05) is 48.5 Å². The molecule has 3 aromatic carbocycles. The number of phenolic OH excluding ortho intramolecular Hbond substituents is 1. The molecule has 2 atom stereocenters. The van der Waals surface area contributed by atoms with E-state index >= 15 is 0 Å². The Morgan fingerprint density at radius 1 is 0.829 bits per heavy atom. The molecule has 0 aromatic heterocycles. The first kappa shape index (κ1) is 22.7. The van der Waals surface area contributed by atoms with Crippen LogP contribution in [0.25, 0.3) is 0 Å². The number of rotatable bonds is 5. The third kappa shape index (κ3) is 4.14. The van der Waals surface area contributed by atoms with Gasteiger partial charge in [-0.2, -0.15) is 0 Å². The van der Waals surface area contributed by atoms with E-state index in [9.17, 15) is 9.90 Å². The van der Waals surface area contributed by atoms with Gasteiger partial charge in [0.2, 0.25) is 5.75 Å². The highest BCUT2D eigenvalue weighted by Gasteiger charge is 2.36. The molecular formula is C28H28N2O5. The lowest BCUT2D eigenvalue weighted by molar-refractivity contribution is -0.116. The Hall–Kier alpha value is -4.13. The highest BCUT2D eigenvalue weighted by atomic mass is 16.5. The van der Waals surface area contributed by atoms with Crippen LogP contribution in [0, 0.1) is 0 Å². The summed E-state index contributed by atoms with van der Waals surface area (Å²) in [4.78, 5) is 13.7. The average Bonchev–Trinajstić information content (AvgIpc) is 3.05. The van der Waals surface area contributed by atoms with E-state index in [4.69, 9.17) is 14.2 Å². The molecule has 5 rings (SSSR count). The highest BCUT2D eigenvalue weighted by Crippen LogP contribution is 2.47. The summed E-state index contributed by atoms with van der Waals surface area (Å²) >= 11 is 0. The van der Waals surface area contributed by atoms with E-state index in [0.717, 1.165) is 33.8 Å². The molecule has 0 spiro atoms. The maximum Gasteiger partial charge on any atom is 0.203 e. The fraction of sp³-hybridized carbons (Fsp3) is 0.250. The summed E-state index contributed by atoms with van der Waals surface area (Å²) in [7, 11) is 4.75. The second kappa shape index (κ2) is 9.25. The zero-order chi connectivity index (χ0) is 24.5. The highest BCUT2D eigenvalue weighted by molar-refractivity contribution is 6.01. The standard InChI is InChI=1S/C28H28N2O5/c1-33-24-14-18(15-25(34-2)28(24)35-3)17-12-22-26(23(32)13-17)27(16-8-10-19(31)11-9-16)30-21-7-5-4-6-20(21)29-22/h4-11,14-15,17,27,29-31H,12-13H2,1-3H3/t17-,27-/m0/s1. The molecule has 0 amide bonds. The van der Waals surface area contributed by atoms with Crippen LogP contribution >= 0.6 is 0 Å². The van der Waals surface area contributed by atoms with Crippen LogP contribution in [-0.4, -0.2) is 32.2 Å². The Morgan fingerprint density at radius 3 is 2.11 bits per heavy atom. The number of fused-ring (bicyclic) bond motifs is 1. The smallest absolute Gasteiger partial charge is 0.203 e. The van der Waals surface area contributed by atoms with E-state index < -0.39 is 0 Å². The van der Waals surface area contributed by atoms with E-state index in [-0.39, 0.29) is 23.5 Å². The number of carbonyl (C=O) groups is 1. The van der Waals surface area contributed by atoms with Gasteiger partial charge >= 0.3 is 0 Å². The van der Waals surface area contributed by atoms with Gasteiger partial charge in [-0.1, -0.05) is 24.3 Å². The van der Waals surface area contributed by atoms with Gasteiger partial charge < -0.3 is 30.0 Å². The Bertz CT molecular complexity index is 1270. The van der Waals surface area contributed by atoms with Crippen molar-refractivity contribution in [3.63, 3.8) is 0 Å². The number of anilines is 2. The minimum absolute atomic E-state index is 0.0619. The van der Waals surface area contributed by atoms with Crippen LogP contribution in [-0.2, 0) is 4.79 Å². The molecule has 1 aliphatic heterocycles. The van der Waals surface area contributed by atoms with Crippen LogP contribution in [0.2, 0.25) is 0 Å². The number of benzene rings is 3. The van der Waals surface area contributed by atoms with Gasteiger partial charge in [0.1, 0.15) is 5.75 Å². The van der Waals surface area contributed by atoms with Crippen molar-refractivity contribution in [1.82, 2.24) is 0 Å². The Balaban J connectivity index is 1.59. The van der Waals surface area contributed by atoms with Gasteiger partial charge in [0, 0.05) is 17.7 Å². The lowest BCUT2D eigenvalue weighted by atomic mass is 9.78. The third-order valence-corrected chi connectivity index (χ3v) is 6.69. The number of aromatic hydroxyl groups is 1. The molecular weight excluding hydrogens is 444 g/mol. The molecule has 0 saturated heterocycles. The number of hydrogen-bond donors (Lipinski definition) is 3. The Kier molecular flexibility index (Phi) is 5.99. The first-order valence-corrected chi connectivity index (χ1v) is 11.5. The number of nitrogens with one attached hydrogen (secondary N) is 2. The number of para-hydroxylation sites is 2. The monoisotopic (exact) mass is 472 g/mol. The fourth-order valence-electron chi connectivity index (χ4n) is 4.98. The summed E-state index contributed by atoms with van der Waals surface area (Å²) in [5.74, 6) is 1.85. The average molecular weight is 473 g/mol. The van der Waals surface area contributed by atoms with E-state index in [0.29, 0.717) is 30.1 Å². The first-order valence-electron chi connectivity index (χ1n) is 11.5. The molecule has 7 nitrogen and oxygen atoms in total. The molecule has 2 aliphatic rings. The van der Waals surface area contributed by atoms with E-state index in [1.165, 1.54) is 0 Å². The van der Waals surface area contributed by atoms with Crippen molar-refractivity contribution in [1.29, 1.82) is 0 Å². The topological polar surface area (TPSA) is 89.1 Å². The number of hydrogen-bond acceptors (Lipinski definition) is 7. The maximum atomic E-state index is 13.7. The summed E-state index contributed by atoms with van der Waals surface area (Å²) in [6.45, 7) is 0. The zero-order valence-electron chi connectivity index (χ0n) is 19.9. The number of allylic oxidation sites excluding steroid dienone is 1. The minimum Gasteiger partial charge on any atom is -0.508 e. The number of methoxy groups -OCH3 is 3. The number of carbonyl (C=O) groups excluding carboxylic acids is 1. The van der Waals surface area contributed by atoms with Crippen molar-refractivity contribution < 1.29 is 24.1 Å². The summed E-state index contributed by atoms with van der Waals surface area (Å²) in [5.41, 5.74) is 5.30.